The van der Waals surface area contributed by atoms with Gasteiger partial charge in [0.25, 0.3) is 0 Å². The van der Waals surface area contributed by atoms with E-state index in [9.17, 15) is 0 Å². The van der Waals surface area contributed by atoms with E-state index >= 15 is 0 Å². The standard InChI is InChI=1S/C13H17N3O3/c1-9(16-8-14)15-7-10-5-11(17-2)13(19-4)12(6-10)18-3/h5-6H,7H2,1-4H3,(H,15,16). The molecule has 6 heteroatoms. The lowest BCUT2D eigenvalue weighted by Gasteiger charge is -2.13. The number of hydrogen-bond donors (Lipinski definition) is 1. The molecule has 1 aromatic carbocycles. The van der Waals surface area contributed by atoms with Crippen molar-refractivity contribution in [3.05, 3.63) is 17.7 Å². The largest absolute Gasteiger partial charge is 0.493 e. The topological polar surface area (TPSA) is 75.9 Å². The zero-order valence-electron chi connectivity index (χ0n) is 11.5. The number of amidine groups is 1. The lowest BCUT2D eigenvalue weighted by atomic mass is 10.2. The Kier molecular flexibility index (Phi) is 5.48. The van der Waals surface area contributed by atoms with E-state index in [4.69, 9.17) is 19.5 Å². The molecule has 0 aliphatic heterocycles. The first-order valence-corrected chi connectivity index (χ1v) is 5.61. The van der Waals surface area contributed by atoms with E-state index in [1.807, 2.05) is 18.3 Å². The van der Waals surface area contributed by atoms with Crippen molar-refractivity contribution in [1.82, 2.24) is 5.32 Å². The summed E-state index contributed by atoms with van der Waals surface area (Å²) < 4.78 is 15.7. The Labute approximate surface area is 112 Å². The minimum atomic E-state index is 0.414. The first-order chi connectivity index (χ1) is 9.15. The summed E-state index contributed by atoms with van der Waals surface area (Å²) >= 11 is 0. The van der Waals surface area contributed by atoms with Crippen LogP contribution in [0.15, 0.2) is 17.1 Å². The molecule has 0 radical (unpaired) electrons. The van der Waals surface area contributed by atoms with Crippen molar-refractivity contribution in [2.75, 3.05) is 21.3 Å². The number of methoxy groups -OCH3 is 3. The number of nitriles is 1. The van der Waals surface area contributed by atoms with Crippen LogP contribution in [0.1, 0.15) is 12.5 Å². The van der Waals surface area contributed by atoms with E-state index in [1.165, 1.54) is 0 Å². The van der Waals surface area contributed by atoms with Crippen molar-refractivity contribution in [1.29, 1.82) is 5.26 Å². The summed E-state index contributed by atoms with van der Waals surface area (Å²) in [5, 5.41) is 10.9. The SMILES string of the molecule is COc1cc(CN=C(C)NC#N)cc(OC)c1OC. The Morgan fingerprint density at radius 3 is 2.21 bits per heavy atom. The van der Waals surface area contributed by atoms with Gasteiger partial charge < -0.3 is 14.2 Å². The molecule has 0 bridgehead atoms. The number of ether oxygens (including phenoxy) is 3. The van der Waals surface area contributed by atoms with Crippen LogP contribution >= 0.6 is 0 Å². The fourth-order valence-electron chi connectivity index (χ4n) is 1.56. The van der Waals surface area contributed by atoms with Crippen molar-refractivity contribution in [3.63, 3.8) is 0 Å². The third-order valence-corrected chi connectivity index (χ3v) is 2.46. The summed E-state index contributed by atoms with van der Waals surface area (Å²) in [6, 6.07) is 3.65. The van der Waals surface area contributed by atoms with E-state index in [1.54, 1.807) is 28.3 Å². The van der Waals surface area contributed by atoms with Gasteiger partial charge in [-0.15, -0.1) is 0 Å². The fourth-order valence-corrected chi connectivity index (χ4v) is 1.56. The van der Waals surface area contributed by atoms with Crippen LogP contribution < -0.4 is 19.5 Å². The summed E-state index contributed by atoms with van der Waals surface area (Å²) in [6.45, 7) is 2.14. The van der Waals surface area contributed by atoms with Gasteiger partial charge >= 0.3 is 0 Å². The van der Waals surface area contributed by atoms with Crippen LogP contribution in [0, 0.1) is 11.5 Å². The molecule has 0 fully saturated rings. The van der Waals surface area contributed by atoms with Gasteiger partial charge in [0.2, 0.25) is 5.75 Å². The van der Waals surface area contributed by atoms with Crippen molar-refractivity contribution >= 4 is 5.84 Å². The van der Waals surface area contributed by atoms with Gasteiger partial charge in [0.1, 0.15) is 5.84 Å². The smallest absolute Gasteiger partial charge is 0.203 e. The average molecular weight is 263 g/mol. The summed E-state index contributed by atoms with van der Waals surface area (Å²) in [5.41, 5.74) is 0.897. The highest BCUT2D eigenvalue weighted by Crippen LogP contribution is 2.38. The summed E-state index contributed by atoms with van der Waals surface area (Å²) in [7, 11) is 4.68. The number of rotatable bonds is 5. The quantitative estimate of drug-likeness (QED) is 0.379. The Morgan fingerprint density at radius 2 is 1.79 bits per heavy atom. The predicted octanol–water partition coefficient (Wildman–Crippen LogP) is 1.70. The predicted molar refractivity (Wildman–Crippen MR) is 71.7 cm³/mol. The van der Waals surface area contributed by atoms with Gasteiger partial charge in [0, 0.05) is 0 Å². The minimum Gasteiger partial charge on any atom is -0.493 e. The molecule has 0 saturated carbocycles. The highest BCUT2D eigenvalue weighted by molar-refractivity contribution is 5.80. The lowest BCUT2D eigenvalue weighted by molar-refractivity contribution is 0.324. The van der Waals surface area contributed by atoms with E-state index in [0.29, 0.717) is 29.6 Å². The first kappa shape index (κ1) is 14.6. The van der Waals surface area contributed by atoms with Gasteiger partial charge in [-0.1, -0.05) is 0 Å². The van der Waals surface area contributed by atoms with Crippen molar-refractivity contribution in [2.24, 2.45) is 4.99 Å². The van der Waals surface area contributed by atoms with Crippen LogP contribution in [0.2, 0.25) is 0 Å². The lowest BCUT2D eigenvalue weighted by Crippen LogP contribution is -2.13. The number of nitrogens with one attached hydrogen (secondary N) is 1. The summed E-state index contributed by atoms with van der Waals surface area (Å²) in [4.78, 5) is 4.22. The van der Waals surface area contributed by atoms with Crippen molar-refractivity contribution in [3.8, 4) is 23.4 Å². The summed E-state index contributed by atoms with van der Waals surface area (Å²) in [5.74, 6) is 2.26. The molecule has 0 amide bonds. The number of nitrogens with zero attached hydrogens (tertiary/aromatic N) is 2. The van der Waals surface area contributed by atoms with E-state index < -0.39 is 0 Å². The number of benzene rings is 1. The Bertz CT molecular complexity index is 481. The molecule has 0 heterocycles. The van der Waals surface area contributed by atoms with Crippen LogP contribution in [0.4, 0.5) is 0 Å². The molecule has 19 heavy (non-hydrogen) atoms. The minimum absolute atomic E-state index is 0.414. The molecular weight excluding hydrogens is 246 g/mol. The molecule has 0 spiro atoms. The molecule has 0 saturated heterocycles. The maximum atomic E-state index is 8.47. The molecule has 1 N–H and O–H groups in total. The molecule has 0 aliphatic rings. The van der Waals surface area contributed by atoms with Crippen LogP contribution in [0.3, 0.4) is 0 Å². The van der Waals surface area contributed by atoms with E-state index in [0.717, 1.165) is 5.56 Å². The van der Waals surface area contributed by atoms with Crippen molar-refractivity contribution < 1.29 is 14.2 Å². The average Bonchev–Trinajstić information content (AvgIpc) is 2.44. The first-order valence-electron chi connectivity index (χ1n) is 5.61. The zero-order valence-corrected chi connectivity index (χ0v) is 11.5. The van der Waals surface area contributed by atoms with E-state index in [2.05, 4.69) is 10.3 Å². The van der Waals surface area contributed by atoms with Gasteiger partial charge in [-0.2, -0.15) is 5.26 Å². The fraction of sp³-hybridized carbons (Fsp3) is 0.385. The molecule has 6 nitrogen and oxygen atoms in total. The van der Waals surface area contributed by atoms with Crippen LogP contribution in [0.25, 0.3) is 0 Å². The Hall–Kier alpha value is -2.42. The molecule has 102 valence electrons. The maximum Gasteiger partial charge on any atom is 0.203 e. The van der Waals surface area contributed by atoms with Gasteiger partial charge in [0.15, 0.2) is 17.7 Å². The number of aliphatic imine (C=N–C) groups is 1. The van der Waals surface area contributed by atoms with Gasteiger partial charge in [0.05, 0.1) is 27.9 Å². The Balaban J connectivity index is 3.03. The second kappa shape index (κ2) is 7.11. The second-order valence-corrected chi connectivity index (χ2v) is 3.67. The van der Waals surface area contributed by atoms with Crippen LogP contribution in [0.5, 0.6) is 17.2 Å². The molecule has 0 unspecified atom stereocenters. The molecule has 0 aliphatic carbocycles. The normalized spacial score (nSPS) is 10.6. The third-order valence-electron chi connectivity index (χ3n) is 2.46. The maximum absolute atomic E-state index is 8.47. The Morgan fingerprint density at radius 1 is 1.21 bits per heavy atom. The third kappa shape index (κ3) is 3.78. The monoisotopic (exact) mass is 263 g/mol. The van der Waals surface area contributed by atoms with Crippen molar-refractivity contribution in [2.45, 2.75) is 13.5 Å². The van der Waals surface area contributed by atoms with Crippen LogP contribution in [-0.2, 0) is 6.54 Å². The summed E-state index contributed by atoms with van der Waals surface area (Å²) in [6.07, 6.45) is 1.82. The molecule has 0 aromatic heterocycles. The highest BCUT2D eigenvalue weighted by Gasteiger charge is 2.12. The molecule has 1 aromatic rings. The molecular formula is C13H17N3O3. The molecule has 1 rings (SSSR count). The molecule has 0 atom stereocenters. The van der Waals surface area contributed by atoms with Gasteiger partial charge in [-0.25, -0.2) is 0 Å². The van der Waals surface area contributed by atoms with Gasteiger partial charge in [-0.3, -0.25) is 10.3 Å². The zero-order chi connectivity index (χ0) is 14.3. The second-order valence-electron chi connectivity index (χ2n) is 3.67. The number of hydrogen-bond acceptors (Lipinski definition) is 5. The van der Waals surface area contributed by atoms with E-state index in [-0.39, 0.29) is 0 Å². The highest BCUT2D eigenvalue weighted by atomic mass is 16.5. The van der Waals surface area contributed by atoms with Crippen LogP contribution in [-0.4, -0.2) is 27.2 Å². The van der Waals surface area contributed by atoms with Gasteiger partial charge in [-0.05, 0) is 24.6 Å².